The van der Waals surface area contributed by atoms with Crippen molar-refractivity contribution in [3.05, 3.63) is 41.7 Å². The summed E-state index contributed by atoms with van der Waals surface area (Å²) < 4.78 is 25.7. The van der Waals surface area contributed by atoms with Gasteiger partial charge in [0, 0.05) is 0 Å². The van der Waals surface area contributed by atoms with Crippen molar-refractivity contribution in [1.82, 2.24) is 14.4 Å². The highest BCUT2D eigenvalue weighted by molar-refractivity contribution is 7.89. The number of aromatic nitrogens is 3. The van der Waals surface area contributed by atoms with E-state index in [1.807, 2.05) is 6.92 Å². The zero-order chi connectivity index (χ0) is 14.6. The minimum Gasteiger partial charge on any atom is -0.199 e. The van der Waals surface area contributed by atoms with Crippen molar-refractivity contribution in [3.8, 4) is 0 Å². The van der Waals surface area contributed by atoms with Gasteiger partial charge in [0.15, 0.2) is 0 Å². The highest BCUT2D eigenvalue weighted by Crippen LogP contribution is 2.14. The fraction of sp³-hybridized carbons (Fsp3) is 0.429. The van der Waals surface area contributed by atoms with Gasteiger partial charge in [0.05, 0.1) is 16.8 Å². The first-order valence-corrected chi connectivity index (χ1v) is 8.21. The molecule has 0 unspecified atom stereocenters. The van der Waals surface area contributed by atoms with Crippen LogP contribution in [0.3, 0.4) is 0 Å². The van der Waals surface area contributed by atoms with Gasteiger partial charge in [0.25, 0.3) is 10.0 Å². The second-order valence-corrected chi connectivity index (χ2v) is 6.65. The number of hydrogen-bond donors (Lipinski definition) is 0. The summed E-state index contributed by atoms with van der Waals surface area (Å²) in [7, 11) is -3.62. The molecule has 0 N–H and O–H groups in total. The summed E-state index contributed by atoms with van der Waals surface area (Å²) in [5.41, 5.74) is 1.73. The minimum atomic E-state index is -3.62. The number of aryl methyl sites for hydroxylation is 2. The second kappa shape index (κ2) is 6.17. The van der Waals surface area contributed by atoms with E-state index in [0.717, 1.165) is 35.3 Å². The lowest BCUT2D eigenvalue weighted by molar-refractivity contribution is 0.577. The Morgan fingerprint density at radius 1 is 1.15 bits per heavy atom. The summed E-state index contributed by atoms with van der Waals surface area (Å²) in [5, 5.41) is 7.68. The van der Waals surface area contributed by atoms with Gasteiger partial charge >= 0.3 is 0 Å². The van der Waals surface area contributed by atoms with Crippen LogP contribution in [0.15, 0.2) is 35.4 Å². The molecule has 1 aromatic heterocycles. The van der Waals surface area contributed by atoms with Gasteiger partial charge in [-0.05, 0) is 31.9 Å². The molecule has 20 heavy (non-hydrogen) atoms. The molecule has 0 saturated carbocycles. The molecular weight excluding hydrogens is 274 g/mol. The van der Waals surface area contributed by atoms with Crippen LogP contribution in [0.2, 0.25) is 0 Å². The van der Waals surface area contributed by atoms with Crippen molar-refractivity contribution in [1.29, 1.82) is 0 Å². The van der Waals surface area contributed by atoms with Crippen LogP contribution < -0.4 is 0 Å². The monoisotopic (exact) mass is 293 g/mol. The molecule has 1 aromatic carbocycles. The molecule has 0 spiro atoms. The molecule has 2 aromatic rings. The third-order valence-corrected chi connectivity index (χ3v) is 4.66. The normalized spacial score (nSPS) is 11.7. The molecule has 0 aliphatic rings. The van der Waals surface area contributed by atoms with Crippen LogP contribution in [0.25, 0.3) is 0 Å². The first kappa shape index (κ1) is 14.7. The Morgan fingerprint density at radius 3 is 2.50 bits per heavy atom. The van der Waals surface area contributed by atoms with Crippen molar-refractivity contribution < 1.29 is 8.42 Å². The maximum atomic E-state index is 12.3. The minimum absolute atomic E-state index is 0.230. The van der Waals surface area contributed by atoms with Crippen LogP contribution >= 0.6 is 0 Å². The average Bonchev–Trinajstić information content (AvgIpc) is 2.89. The number of nitrogens with zero attached hydrogens (tertiary/aromatic N) is 3. The highest BCUT2D eigenvalue weighted by atomic mass is 32.2. The number of benzene rings is 1. The van der Waals surface area contributed by atoms with Gasteiger partial charge in [-0.3, -0.25) is 0 Å². The van der Waals surface area contributed by atoms with Crippen molar-refractivity contribution >= 4 is 10.0 Å². The van der Waals surface area contributed by atoms with E-state index in [2.05, 4.69) is 17.2 Å². The van der Waals surface area contributed by atoms with Crippen molar-refractivity contribution in [3.63, 3.8) is 0 Å². The molecule has 108 valence electrons. The SMILES string of the molecule is CCCCCc1cn(S(=O)(=O)c2ccc(C)cc2)nn1. The predicted octanol–water partition coefficient (Wildman–Crippen LogP) is 2.56. The van der Waals surface area contributed by atoms with Gasteiger partial charge in [-0.1, -0.05) is 42.7 Å². The van der Waals surface area contributed by atoms with E-state index in [-0.39, 0.29) is 4.90 Å². The molecule has 0 aliphatic heterocycles. The summed E-state index contributed by atoms with van der Waals surface area (Å²) in [6, 6.07) is 6.71. The third kappa shape index (κ3) is 3.25. The molecule has 0 saturated heterocycles. The number of rotatable bonds is 6. The van der Waals surface area contributed by atoms with Crippen LogP contribution in [0, 0.1) is 6.92 Å². The van der Waals surface area contributed by atoms with E-state index in [0.29, 0.717) is 5.69 Å². The van der Waals surface area contributed by atoms with E-state index in [4.69, 9.17) is 0 Å². The summed E-state index contributed by atoms with van der Waals surface area (Å²) in [5.74, 6) is 0. The highest BCUT2D eigenvalue weighted by Gasteiger charge is 2.18. The number of hydrogen-bond acceptors (Lipinski definition) is 4. The van der Waals surface area contributed by atoms with Gasteiger partial charge < -0.3 is 0 Å². The fourth-order valence-electron chi connectivity index (χ4n) is 1.89. The summed E-state index contributed by atoms with van der Waals surface area (Å²) >= 11 is 0. The Hall–Kier alpha value is -1.69. The Balaban J connectivity index is 2.20. The Kier molecular flexibility index (Phi) is 4.54. The van der Waals surface area contributed by atoms with Crippen LogP contribution in [0.5, 0.6) is 0 Å². The van der Waals surface area contributed by atoms with Crippen LogP contribution in [-0.4, -0.2) is 22.8 Å². The molecule has 1 heterocycles. The lowest BCUT2D eigenvalue weighted by atomic mass is 10.2. The maximum absolute atomic E-state index is 12.3. The quantitative estimate of drug-likeness (QED) is 0.768. The topological polar surface area (TPSA) is 64.8 Å². The van der Waals surface area contributed by atoms with Crippen molar-refractivity contribution in [2.45, 2.75) is 44.4 Å². The van der Waals surface area contributed by atoms with E-state index < -0.39 is 10.0 Å². The van der Waals surface area contributed by atoms with Gasteiger partial charge in [0.2, 0.25) is 0 Å². The molecule has 0 amide bonds. The molecule has 0 bridgehead atoms. The third-order valence-electron chi connectivity index (χ3n) is 3.12. The maximum Gasteiger partial charge on any atom is 0.284 e. The van der Waals surface area contributed by atoms with Gasteiger partial charge in [-0.2, -0.15) is 8.42 Å². The van der Waals surface area contributed by atoms with Gasteiger partial charge in [-0.15, -0.1) is 9.19 Å². The summed E-state index contributed by atoms with van der Waals surface area (Å²) in [6.07, 6.45) is 5.50. The van der Waals surface area contributed by atoms with E-state index in [1.54, 1.807) is 24.3 Å². The molecule has 6 heteroatoms. The predicted molar refractivity (Wildman–Crippen MR) is 77.0 cm³/mol. The first-order chi connectivity index (χ1) is 9.54. The first-order valence-electron chi connectivity index (χ1n) is 6.77. The summed E-state index contributed by atoms with van der Waals surface area (Å²) in [6.45, 7) is 4.04. The Bertz CT molecular complexity index is 660. The van der Waals surface area contributed by atoms with Crippen LogP contribution in [-0.2, 0) is 16.4 Å². The van der Waals surface area contributed by atoms with Crippen LogP contribution in [0.4, 0.5) is 0 Å². The van der Waals surface area contributed by atoms with E-state index >= 15 is 0 Å². The lowest BCUT2D eigenvalue weighted by Crippen LogP contribution is -2.13. The second-order valence-electron chi connectivity index (χ2n) is 4.86. The van der Waals surface area contributed by atoms with Crippen LogP contribution in [0.1, 0.15) is 37.4 Å². The molecule has 2 rings (SSSR count). The molecule has 0 fully saturated rings. The zero-order valence-electron chi connectivity index (χ0n) is 11.8. The van der Waals surface area contributed by atoms with Crippen molar-refractivity contribution in [2.75, 3.05) is 0 Å². The fourth-order valence-corrected chi connectivity index (χ4v) is 2.98. The van der Waals surface area contributed by atoms with E-state index in [9.17, 15) is 8.42 Å². The molecule has 0 atom stereocenters. The standard InChI is InChI=1S/C14H19N3O2S/c1-3-4-5-6-13-11-17(16-15-13)20(18,19)14-9-7-12(2)8-10-14/h7-11H,3-6H2,1-2H3. The smallest absolute Gasteiger partial charge is 0.199 e. The molecule has 0 aliphatic carbocycles. The van der Waals surface area contributed by atoms with Gasteiger partial charge in [0.1, 0.15) is 0 Å². The number of unbranched alkanes of at least 4 members (excludes halogenated alkanes) is 2. The lowest BCUT2D eigenvalue weighted by Gasteiger charge is -2.03. The Morgan fingerprint density at radius 2 is 1.85 bits per heavy atom. The zero-order valence-corrected chi connectivity index (χ0v) is 12.6. The molecule has 0 radical (unpaired) electrons. The van der Waals surface area contributed by atoms with Crippen molar-refractivity contribution in [2.24, 2.45) is 0 Å². The van der Waals surface area contributed by atoms with Gasteiger partial charge in [-0.25, -0.2) is 0 Å². The Labute approximate surface area is 119 Å². The molecular formula is C14H19N3O2S. The summed E-state index contributed by atoms with van der Waals surface area (Å²) in [4.78, 5) is 0.230. The molecule has 5 nitrogen and oxygen atoms in total. The average molecular weight is 293 g/mol. The largest absolute Gasteiger partial charge is 0.284 e. The van der Waals surface area contributed by atoms with E-state index in [1.165, 1.54) is 6.20 Å².